The van der Waals surface area contributed by atoms with E-state index >= 15 is 0 Å². The Labute approximate surface area is 201 Å². The quantitative estimate of drug-likeness (QED) is 0.220. The molecule has 1 atom stereocenters. The average Bonchev–Trinajstić information content (AvgIpc) is 3.41. The molecule has 33 heavy (non-hydrogen) atoms. The maximum absolute atomic E-state index is 13.1. The molecule has 2 heterocycles. The zero-order valence-electron chi connectivity index (χ0n) is 18.5. The molecule has 1 saturated heterocycles. The molecule has 1 unspecified atom stereocenters. The van der Waals surface area contributed by atoms with E-state index in [4.69, 9.17) is 0 Å². The normalized spacial score (nSPS) is 17.5. The van der Waals surface area contributed by atoms with E-state index in [9.17, 15) is 14.7 Å². The van der Waals surface area contributed by atoms with Crippen molar-refractivity contribution in [2.75, 3.05) is 25.5 Å². The highest BCUT2D eigenvalue weighted by atomic mass is 79.9. The summed E-state index contributed by atoms with van der Waals surface area (Å²) in [5.74, 6) is -1.41. The second-order valence-corrected chi connectivity index (χ2v) is 9.10. The lowest BCUT2D eigenvalue weighted by atomic mass is 9.95. The molecule has 2 N–H and O–H groups in total. The number of hydrogen-bond acceptors (Lipinski definition) is 4. The van der Waals surface area contributed by atoms with E-state index in [0.717, 1.165) is 15.7 Å². The predicted octanol–water partition coefficient (Wildman–Crippen LogP) is 3.64. The van der Waals surface area contributed by atoms with Gasteiger partial charge in [0.05, 0.1) is 18.2 Å². The SMILES string of the molecule is CN(C)c1ccc(C2C(=C(O)c3ccc(Br)cc3)C(=O)C(=O)N2CCC[n+]2cc[nH]c2)cc1. The van der Waals surface area contributed by atoms with Gasteiger partial charge >= 0.3 is 0 Å². The predicted molar refractivity (Wildman–Crippen MR) is 130 cm³/mol. The first-order valence-corrected chi connectivity index (χ1v) is 11.5. The van der Waals surface area contributed by atoms with Crippen molar-refractivity contribution in [3.63, 3.8) is 0 Å². The molecular formula is C25H26BrN4O3+. The molecule has 1 aliphatic rings. The summed E-state index contributed by atoms with van der Waals surface area (Å²) in [6.45, 7) is 1.09. The number of likely N-dealkylation sites (tertiary alicyclic amines) is 1. The number of halogens is 1. The molecule has 4 rings (SSSR count). The lowest BCUT2D eigenvalue weighted by Gasteiger charge is -2.25. The highest BCUT2D eigenvalue weighted by Crippen LogP contribution is 2.40. The van der Waals surface area contributed by atoms with E-state index in [1.54, 1.807) is 29.2 Å². The number of aryl methyl sites for hydroxylation is 1. The molecule has 0 radical (unpaired) electrons. The van der Waals surface area contributed by atoms with Crippen molar-refractivity contribution in [2.45, 2.75) is 19.0 Å². The zero-order chi connectivity index (χ0) is 23.5. The fourth-order valence-corrected chi connectivity index (χ4v) is 4.32. The first-order valence-electron chi connectivity index (χ1n) is 10.7. The van der Waals surface area contributed by atoms with Gasteiger partial charge in [-0.2, -0.15) is 0 Å². The molecule has 8 heteroatoms. The Morgan fingerprint density at radius 3 is 2.42 bits per heavy atom. The van der Waals surface area contributed by atoms with Crippen LogP contribution in [0, 0.1) is 0 Å². The third kappa shape index (κ3) is 4.71. The fraction of sp³-hybridized carbons (Fsp3) is 0.240. The monoisotopic (exact) mass is 509 g/mol. The van der Waals surface area contributed by atoms with Crippen LogP contribution in [0.4, 0.5) is 5.69 Å². The largest absolute Gasteiger partial charge is 0.507 e. The van der Waals surface area contributed by atoms with Crippen molar-refractivity contribution in [3.8, 4) is 0 Å². The van der Waals surface area contributed by atoms with E-state index in [1.165, 1.54) is 0 Å². The second-order valence-electron chi connectivity index (χ2n) is 8.19. The van der Waals surface area contributed by atoms with Crippen molar-refractivity contribution in [3.05, 3.63) is 88.4 Å². The topological polar surface area (TPSA) is 80.5 Å². The van der Waals surface area contributed by atoms with Crippen LogP contribution >= 0.6 is 15.9 Å². The van der Waals surface area contributed by atoms with Crippen LogP contribution in [0.5, 0.6) is 0 Å². The van der Waals surface area contributed by atoms with Crippen molar-refractivity contribution >= 4 is 39.1 Å². The van der Waals surface area contributed by atoms with E-state index in [0.29, 0.717) is 25.1 Å². The van der Waals surface area contributed by atoms with Gasteiger partial charge in [0.2, 0.25) is 6.33 Å². The molecule has 0 aliphatic carbocycles. The summed E-state index contributed by atoms with van der Waals surface area (Å²) in [5.41, 5.74) is 2.41. The molecule has 3 aromatic rings. The van der Waals surface area contributed by atoms with Crippen molar-refractivity contribution < 1.29 is 19.3 Å². The Morgan fingerprint density at radius 2 is 1.82 bits per heavy atom. The van der Waals surface area contributed by atoms with Crippen LogP contribution in [0.3, 0.4) is 0 Å². The number of aliphatic hydroxyl groups is 1. The minimum atomic E-state index is -0.661. The van der Waals surface area contributed by atoms with Crippen LogP contribution < -0.4 is 9.47 Å². The molecule has 1 fully saturated rings. The number of benzene rings is 2. The Balaban J connectivity index is 1.73. The van der Waals surface area contributed by atoms with Gasteiger partial charge in [-0.15, -0.1) is 0 Å². The molecule has 7 nitrogen and oxygen atoms in total. The number of imidazole rings is 1. The van der Waals surface area contributed by atoms with Gasteiger partial charge in [-0.25, -0.2) is 4.57 Å². The molecule has 0 spiro atoms. The summed E-state index contributed by atoms with van der Waals surface area (Å²) in [6.07, 6.45) is 6.26. The number of nitrogens with one attached hydrogen (secondary N) is 1. The van der Waals surface area contributed by atoms with Gasteiger partial charge in [0.25, 0.3) is 11.7 Å². The number of Topliss-reactive ketones (excluding diaryl/α,β-unsaturated/α-hetero) is 1. The van der Waals surface area contributed by atoms with Gasteiger partial charge in [0.1, 0.15) is 18.2 Å². The molecule has 2 aromatic carbocycles. The number of amides is 1. The third-order valence-corrected chi connectivity index (χ3v) is 6.33. The molecule has 1 aromatic heterocycles. The van der Waals surface area contributed by atoms with Gasteiger partial charge in [0.15, 0.2) is 0 Å². The second kappa shape index (κ2) is 9.62. The summed E-state index contributed by atoms with van der Waals surface area (Å²) in [6, 6.07) is 14.1. The standard InChI is InChI=1S/C25H25BrN4O3/c1-28(2)20-10-6-17(7-11-20)22-21(23(31)18-4-8-19(26)9-5-18)24(32)25(33)30(22)14-3-13-29-15-12-27-16-29/h4-12,15-16,22H,3,13-14H2,1-2H3,(H,31,32)/p+1. The van der Waals surface area contributed by atoms with Crippen molar-refractivity contribution in [1.29, 1.82) is 0 Å². The number of hydrogen-bond donors (Lipinski definition) is 2. The van der Waals surface area contributed by atoms with Crippen LogP contribution in [-0.2, 0) is 16.1 Å². The smallest absolute Gasteiger partial charge is 0.295 e. The molecule has 0 saturated carbocycles. The Bertz CT molecular complexity index is 1170. The minimum Gasteiger partial charge on any atom is -0.507 e. The number of ketones is 1. The number of anilines is 1. The molecule has 0 bridgehead atoms. The van der Waals surface area contributed by atoms with Crippen LogP contribution in [0.2, 0.25) is 0 Å². The molecular weight excluding hydrogens is 484 g/mol. The average molecular weight is 510 g/mol. The maximum Gasteiger partial charge on any atom is 0.295 e. The van der Waals surface area contributed by atoms with Crippen molar-refractivity contribution in [1.82, 2.24) is 9.88 Å². The van der Waals surface area contributed by atoms with Gasteiger partial charge in [-0.1, -0.05) is 40.2 Å². The van der Waals surface area contributed by atoms with Crippen LogP contribution in [0.25, 0.3) is 5.76 Å². The Hall–Kier alpha value is -3.39. The summed E-state index contributed by atoms with van der Waals surface area (Å²) < 4.78 is 2.84. The number of carbonyl (C=O) groups excluding carboxylic acids is 2. The lowest BCUT2D eigenvalue weighted by Crippen LogP contribution is -2.36. The summed E-state index contributed by atoms with van der Waals surface area (Å²) in [4.78, 5) is 32.7. The first kappa shape index (κ1) is 22.8. The van der Waals surface area contributed by atoms with Crippen molar-refractivity contribution in [2.24, 2.45) is 0 Å². The number of nitrogens with zero attached hydrogens (tertiary/aromatic N) is 3. The third-order valence-electron chi connectivity index (χ3n) is 5.80. The van der Waals surface area contributed by atoms with E-state index in [-0.39, 0.29) is 11.3 Å². The summed E-state index contributed by atoms with van der Waals surface area (Å²) in [5, 5.41) is 11.1. The van der Waals surface area contributed by atoms with Crippen LogP contribution in [-0.4, -0.2) is 47.3 Å². The van der Waals surface area contributed by atoms with Gasteiger partial charge in [0, 0.05) is 42.8 Å². The molecule has 170 valence electrons. The number of carbonyl (C=O) groups is 2. The van der Waals surface area contributed by atoms with Crippen LogP contribution in [0.1, 0.15) is 23.6 Å². The summed E-state index contributed by atoms with van der Waals surface area (Å²) in [7, 11) is 3.90. The number of rotatable bonds is 7. The number of aliphatic hydroxyl groups excluding tert-OH is 1. The van der Waals surface area contributed by atoms with E-state index in [2.05, 4.69) is 20.9 Å². The van der Waals surface area contributed by atoms with E-state index in [1.807, 2.05) is 66.5 Å². The maximum atomic E-state index is 13.1. The highest BCUT2D eigenvalue weighted by molar-refractivity contribution is 9.10. The molecule has 1 amide bonds. The number of H-pyrrole nitrogens is 1. The van der Waals surface area contributed by atoms with Gasteiger partial charge in [-0.05, 0) is 29.8 Å². The minimum absolute atomic E-state index is 0.120. The number of aromatic amines is 1. The highest BCUT2D eigenvalue weighted by Gasteiger charge is 2.45. The zero-order valence-corrected chi connectivity index (χ0v) is 20.1. The summed E-state index contributed by atoms with van der Waals surface area (Å²) >= 11 is 3.39. The van der Waals surface area contributed by atoms with Gasteiger partial charge < -0.3 is 14.9 Å². The van der Waals surface area contributed by atoms with Gasteiger partial charge in [-0.3, -0.25) is 14.6 Å². The Kier molecular flexibility index (Phi) is 6.65. The molecule has 1 aliphatic heterocycles. The van der Waals surface area contributed by atoms with Crippen LogP contribution in [0.15, 0.2) is 77.3 Å². The van der Waals surface area contributed by atoms with E-state index < -0.39 is 17.7 Å². The Morgan fingerprint density at radius 1 is 1.12 bits per heavy atom. The number of aromatic nitrogens is 2. The first-order chi connectivity index (χ1) is 15.9. The lowest BCUT2D eigenvalue weighted by molar-refractivity contribution is -0.695. The fourth-order valence-electron chi connectivity index (χ4n) is 4.06.